The largest absolute Gasteiger partial charge is 0.330 e. The lowest BCUT2D eigenvalue weighted by atomic mass is 9.82. The number of aromatic nitrogens is 1. The van der Waals surface area contributed by atoms with Gasteiger partial charge in [0.1, 0.15) is 0 Å². The fraction of sp³-hybridized carbons (Fsp3) is 0.583. The molecule has 0 bridgehead atoms. The van der Waals surface area contributed by atoms with Gasteiger partial charge in [-0.25, -0.2) is 0 Å². The van der Waals surface area contributed by atoms with Crippen molar-refractivity contribution in [1.82, 2.24) is 4.98 Å². The van der Waals surface area contributed by atoms with E-state index < -0.39 is 0 Å². The molecule has 1 unspecified atom stereocenters. The van der Waals surface area contributed by atoms with Crippen LogP contribution in [0.25, 0.3) is 0 Å². The number of hydrogen-bond donors (Lipinski definition) is 1. The summed E-state index contributed by atoms with van der Waals surface area (Å²) < 4.78 is 0. The van der Waals surface area contributed by atoms with Gasteiger partial charge < -0.3 is 5.73 Å². The van der Waals surface area contributed by atoms with Crippen LogP contribution in [0.1, 0.15) is 38.7 Å². The third kappa shape index (κ3) is 3.46. The van der Waals surface area contributed by atoms with Crippen LogP contribution in [-0.4, -0.2) is 11.5 Å². The Balaban J connectivity index is 2.73. The Morgan fingerprint density at radius 1 is 1.29 bits per heavy atom. The summed E-state index contributed by atoms with van der Waals surface area (Å²) in [5.74, 6) is 0.456. The van der Waals surface area contributed by atoms with Crippen molar-refractivity contribution in [3.63, 3.8) is 0 Å². The van der Waals surface area contributed by atoms with Gasteiger partial charge in [0.25, 0.3) is 0 Å². The number of rotatable bonds is 3. The molecule has 2 nitrogen and oxygen atoms in total. The van der Waals surface area contributed by atoms with Crippen molar-refractivity contribution >= 4 is 0 Å². The lowest BCUT2D eigenvalue weighted by molar-refractivity contribution is 0.342. The monoisotopic (exact) mass is 192 g/mol. The zero-order chi connectivity index (χ0) is 10.6. The Morgan fingerprint density at radius 3 is 2.29 bits per heavy atom. The fourth-order valence-electron chi connectivity index (χ4n) is 1.71. The lowest BCUT2D eigenvalue weighted by Crippen LogP contribution is -2.19. The molecule has 1 heterocycles. The van der Waals surface area contributed by atoms with Crippen molar-refractivity contribution in [1.29, 1.82) is 0 Å². The number of nitrogens with two attached hydrogens (primary N) is 1. The van der Waals surface area contributed by atoms with Crippen LogP contribution in [0.5, 0.6) is 0 Å². The fourth-order valence-corrected chi connectivity index (χ4v) is 1.71. The summed E-state index contributed by atoms with van der Waals surface area (Å²) >= 11 is 0. The molecule has 2 N–H and O–H groups in total. The van der Waals surface area contributed by atoms with Gasteiger partial charge in [0, 0.05) is 12.4 Å². The second-order valence-electron chi connectivity index (χ2n) is 4.98. The minimum atomic E-state index is 0.327. The maximum atomic E-state index is 5.79. The van der Waals surface area contributed by atoms with E-state index in [1.807, 2.05) is 12.4 Å². The zero-order valence-electron chi connectivity index (χ0n) is 9.33. The summed E-state index contributed by atoms with van der Waals surface area (Å²) in [6.07, 6.45) is 4.79. The number of nitrogens with zero attached hydrogens (tertiary/aromatic N) is 1. The van der Waals surface area contributed by atoms with Crippen LogP contribution in [0.4, 0.5) is 0 Å². The van der Waals surface area contributed by atoms with Gasteiger partial charge >= 0.3 is 0 Å². The van der Waals surface area contributed by atoms with E-state index in [-0.39, 0.29) is 0 Å². The van der Waals surface area contributed by atoms with Gasteiger partial charge in [-0.2, -0.15) is 0 Å². The van der Waals surface area contributed by atoms with Crippen LogP contribution >= 0.6 is 0 Å². The van der Waals surface area contributed by atoms with Crippen molar-refractivity contribution in [2.75, 3.05) is 6.54 Å². The molecule has 0 amide bonds. The topological polar surface area (TPSA) is 38.9 Å². The van der Waals surface area contributed by atoms with Gasteiger partial charge in [-0.3, -0.25) is 4.98 Å². The molecule has 0 radical (unpaired) electrons. The van der Waals surface area contributed by atoms with E-state index in [9.17, 15) is 0 Å². The standard InChI is InChI=1S/C12H20N2/c1-12(2,3)8-11(9-13)10-4-6-14-7-5-10/h4-7,11H,8-9,13H2,1-3H3. The molecular weight excluding hydrogens is 172 g/mol. The van der Waals surface area contributed by atoms with Gasteiger partial charge in [0.05, 0.1) is 0 Å². The highest BCUT2D eigenvalue weighted by Gasteiger charge is 2.18. The van der Waals surface area contributed by atoms with Crippen LogP contribution in [0.15, 0.2) is 24.5 Å². The number of pyridine rings is 1. The third-order valence-corrected chi connectivity index (χ3v) is 2.32. The van der Waals surface area contributed by atoms with E-state index >= 15 is 0 Å². The highest BCUT2D eigenvalue weighted by Crippen LogP contribution is 2.29. The van der Waals surface area contributed by atoms with Crippen molar-refractivity contribution < 1.29 is 0 Å². The molecule has 0 saturated carbocycles. The van der Waals surface area contributed by atoms with Crippen molar-refractivity contribution in [2.24, 2.45) is 11.1 Å². The summed E-state index contributed by atoms with van der Waals surface area (Å²) in [6.45, 7) is 7.45. The molecule has 1 rings (SSSR count). The SMILES string of the molecule is CC(C)(C)CC(CN)c1ccncc1. The first kappa shape index (κ1) is 11.2. The van der Waals surface area contributed by atoms with Gasteiger partial charge in [-0.15, -0.1) is 0 Å². The van der Waals surface area contributed by atoms with Gasteiger partial charge in [-0.05, 0) is 42.0 Å². The summed E-state index contributed by atoms with van der Waals surface area (Å²) in [7, 11) is 0. The van der Waals surface area contributed by atoms with E-state index in [2.05, 4.69) is 37.9 Å². The summed E-state index contributed by atoms with van der Waals surface area (Å²) in [6, 6.07) is 4.12. The van der Waals surface area contributed by atoms with Gasteiger partial charge in [0.15, 0.2) is 0 Å². The van der Waals surface area contributed by atoms with E-state index in [1.165, 1.54) is 5.56 Å². The van der Waals surface area contributed by atoms with E-state index in [4.69, 9.17) is 5.73 Å². The van der Waals surface area contributed by atoms with Crippen LogP contribution < -0.4 is 5.73 Å². The molecule has 0 saturated heterocycles. The van der Waals surface area contributed by atoms with Crippen LogP contribution in [0, 0.1) is 5.41 Å². The predicted octanol–water partition coefficient (Wildman–Crippen LogP) is 2.56. The third-order valence-electron chi connectivity index (χ3n) is 2.32. The van der Waals surface area contributed by atoms with Crippen molar-refractivity contribution in [2.45, 2.75) is 33.1 Å². The minimum Gasteiger partial charge on any atom is -0.330 e. The zero-order valence-corrected chi connectivity index (χ0v) is 9.33. The first-order valence-electron chi connectivity index (χ1n) is 5.13. The Bertz CT molecular complexity index is 261. The molecule has 78 valence electrons. The molecule has 1 aromatic heterocycles. The second kappa shape index (κ2) is 4.56. The summed E-state index contributed by atoms with van der Waals surface area (Å²) in [4.78, 5) is 4.02. The Labute approximate surface area is 86.5 Å². The molecule has 0 aliphatic heterocycles. The highest BCUT2D eigenvalue weighted by atomic mass is 14.6. The first-order chi connectivity index (χ1) is 6.53. The Kier molecular flexibility index (Phi) is 3.64. The average molecular weight is 192 g/mol. The molecule has 0 spiro atoms. The maximum absolute atomic E-state index is 5.79. The molecule has 0 fully saturated rings. The minimum absolute atomic E-state index is 0.327. The highest BCUT2D eigenvalue weighted by molar-refractivity contribution is 5.16. The average Bonchev–Trinajstić information content (AvgIpc) is 2.14. The lowest BCUT2D eigenvalue weighted by Gasteiger charge is -2.25. The molecule has 0 aliphatic carbocycles. The van der Waals surface area contributed by atoms with E-state index in [0.717, 1.165) is 6.42 Å². The maximum Gasteiger partial charge on any atom is 0.0270 e. The van der Waals surface area contributed by atoms with E-state index in [0.29, 0.717) is 17.9 Å². The molecule has 0 aliphatic rings. The van der Waals surface area contributed by atoms with Gasteiger partial charge in [0.2, 0.25) is 0 Å². The predicted molar refractivity (Wildman–Crippen MR) is 60.1 cm³/mol. The molecule has 14 heavy (non-hydrogen) atoms. The second-order valence-corrected chi connectivity index (χ2v) is 4.98. The number of hydrogen-bond acceptors (Lipinski definition) is 2. The first-order valence-corrected chi connectivity index (χ1v) is 5.13. The van der Waals surface area contributed by atoms with Crippen LogP contribution in [-0.2, 0) is 0 Å². The smallest absolute Gasteiger partial charge is 0.0270 e. The van der Waals surface area contributed by atoms with E-state index in [1.54, 1.807) is 0 Å². The summed E-state index contributed by atoms with van der Waals surface area (Å²) in [5, 5.41) is 0. The molecule has 0 aromatic carbocycles. The van der Waals surface area contributed by atoms with Crippen molar-refractivity contribution in [3.8, 4) is 0 Å². The molecule has 1 atom stereocenters. The van der Waals surface area contributed by atoms with Crippen LogP contribution in [0.2, 0.25) is 0 Å². The normalized spacial score (nSPS) is 14.0. The van der Waals surface area contributed by atoms with Crippen molar-refractivity contribution in [3.05, 3.63) is 30.1 Å². The van der Waals surface area contributed by atoms with Crippen LogP contribution in [0.3, 0.4) is 0 Å². The summed E-state index contributed by atoms with van der Waals surface area (Å²) in [5.41, 5.74) is 7.42. The Morgan fingerprint density at radius 2 is 1.86 bits per heavy atom. The Hall–Kier alpha value is -0.890. The molecular formula is C12H20N2. The molecule has 2 heteroatoms. The molecule has 1 aromatic rings. The quantitative estimate of drug-likeness (QED) is 0.799. The van der Waals surface area contributed by atoms with Gasteiger partial charge in [-0.1, -0.05) is 20.8 Å².